The quantitative estimate of drug-likeness (QED) is 0.768. The number of aliphatic carboxylic acids is 1. The number of piperazine rings is 1. The van der Waals surface area contributed by atoms with Crippen LogP contribution in [0, 0.1) is 0 Å². The minimum absolute atomic E-state index is 0.0435. The number of nitrogens with zero attached hydrogens (tertiary/aromatic N) is 3. The van der Waals surface area contributed by atoms with Crippen LogP contribution in [0.4, 0.5) is 4.79 Å². The number of urea groups is 1. The number of carbonyl (C=O) groups excluding carboxylic acids is 1. The highest BCUT2D eigenvalue weighted by Gasteiger charge is 2.30. The van der Waals surface area contributed by atoms with Crippen LogP contribution in [0.3, 0.4) is 0 Å². The fourth-order valence-electron chi connectivity index (χ4n) is 2.82. The van der Waals surface area contributed by atoms with Crippen LogP contribution in [0.5, 0.6) is 0 Å². The molecule has 2 unspecified atom stereocenters. The van der Waals surface area contributed by atoms with Crippen molar-refractivity contribution in [3.05, 3.63) is 0 Å². The molecule has 2 saturated heterocycles. The largest absolute Gasteiger partial charge is 0.480 e. The van der Waals surface area contributed by atoms with Crippen LogP contribution < -0.4 is 0 Å². The van der Waals surface area contributed by atoms with Crippen molar-refractivity contribution >= 4 is 12.0 Å². The molecule has 0 aromatic heterocycles. The Morgan fingerprint density at radius 1 is 1.05 bits per heavy atom. The molecule has 20 heavy (non-hydrogen) atoms. The predicted molar refractivity (Wildman–Crippen MR) is 72.6 cm³/mol. The molecule has 1 N–H and O–H groups in total. The van der Waals surface area contributed by atoms with Gasteiger partial charge in [0.25, 0.3) is 0 Å². The third-order valence-electron chi connectivity index (χ3n) is 3.69. The zero-order valence-corrected chi connectivity index (χ0v) is 12.1. The summed E-state index contributed by atoms with van der Waals surface area (Å²) in [6.45, 7) is 7.66. The van der Waals surface area contributed by atoms with Gasteiger partial charge in [0.2, 0.25) is 0 Å². The summed E-state index contributed by atoms with van der Waals surface area (Å²) in [5.74, 6) is -0.819. The van der Waals surface area contributed by atoms with Crippen molar-refractivity contribution in [1.29, 1.82) is 0 Å². The van der Waals surface area contributed by atoms with Crippen LogP contribution in [-0.2, 0) is 9.53 Å². The minimum atomic E-state index is -0.819. The Morgan fingerprint density at radius 3 is 2.10 bits per heavy atom. The second-order valence-electron chi connectivity index (χ2n) is 5.60. The van der Waals surface area contributed by atoms with E-state index in [2.05, 4.69) is 0 Å². The maximum absolute atomic E-state index is 12.4. The van der Waals surface area contributed by atoms with E-state index in [0.717, 1.165) is 0 Å². The second-order valence-corrected chi connectivity index (χ2v) is 5.60. The van der Waals surface area contributed by atoms with Crippen molar-refractivity contribution in [2.24, 2.45) is 0 Å². The van der Waals surface area contributed by atoms with Crippen LogP contribution in [0.1, 0.15) is 13.8 Å². The van der Waals surface area contributed by atoms with Gasteiger partial charge in [-0.15, -0.1) is 0 Å². The summed E-state index contributed by atoms with van der Waals surface area (Å²) >= 11 is 0. The van der Waals surface area contributed by atoms with Gasteiger partial charge in [-0.3, -0.25) is 9.69 Å². The Hall–Kier alpha value is -1.34. The van der Waals surface area contributed by atoms with E-state index in [9.17, 15) is 9.59 Å². The Bertz CT molecular complexity index is 359. The van der Waals surface area contributed by atoms with E-state index in [1.807, 2.05) is 28.5 Å². The Morgan fingerprint density at radius 2 is 1.60 bits per heavy atom. The molecule has 2 atom stereocenters. The van der Waals surface area contributed by atoms with Crippen molar-refractivity contribution in [3.63, 3.8) is 0 Å². The lowest BCUT2D eigenvalue weighted by atomic mass is 10.2. The summed E-state index contributed by atoms with van der Waals surface area (Å²) in [6.07, 6.45) is 0.131. The molecular weight excluding hydrogens is 262 g/mol. The number of carboxylic acid groups (broad SMARTS) is 1. The highest BCUT2D eigenvalue weighted by atomic mass is 16.5. The van der Waals surface area contributed by atoms with Crippen LogP contribution in [-0.4, -0.2) is 89.8 Å². The first-order valence-electron chi connectivity index (χ1n) is 7.09. The standard InChI is InChI=1S/C13H23N3O4/c1-10-7-16(8-11(2)20-10)13(19)15-5-3-14(4-6-15)9-12(17)18/h10-11H,3-9H2,1-2H3,(H,17,18). The summed E-state index contributed by atoms with van der Waals surface area (Å²) in [5.41, 5.74) is 0. The number of carboxylic acids is 1. The van der Waals surface area contributed by atoms with Gasteiger partial charge in [-0.25, -0.2) is 4.79 Å². The number of hydrogen-bond donors (Lipinski definition) is 1. The predicted octanol–water partition coefficient (Wildman–Crippen LogP) is -0.0822. The zero-order chi connectivity index (χ0) is 14.7. The molecule has 7 heteroatoms. The molecule has 0 aliphatic carbocycles. The Labute approximate surface area is 119 Å². The van der Waals surface area contributed by atoms with E-state index in [4.69, 9.17) is 9.84 Å². The van der Waals surface area contributed by atoms with Crippen LogP contribution in [0.2, 0.25) is 0 Å². The van der Waals surface area contributed by atoms with E-state index < -0.39 is 5.97 Å². The highest BCUT2D eigenvalue weighted by Crippen LogP contribution is 2.14. The fraction of sp³-hybridized carbons (Fsp3) is 0.846. The molecule has 0 saturated carbocycles. The highest BCUT2D eigenvalue weighted by molar-refractivity contribution is 5.75. The van der Waals surface area contributed by atoms with Gasteiger partial charge in [0.1, 0.15) is 0 Å². The van der Waals surface area contributed by atoms with Crippen molar-refractivity contribution in [3.8, 4) is 0 Å². The molecule has 0 spiro atoms. The van der Waals surface area contributed by atoms with Gasteiger partial charge in [-0.05, 0) is 13.8 Å². The summed E-state index contributed by atoms with van der Waals surface area (Å²) in [4.78, 5) is 28.6. The number of carbonyl (C=O) groups is 2. The van der Waals surface area contributed by atoms with E-state index in [1.165, 1.54) is 0 Å². The van der Waals surface area contributed by atoms with E-state index in [-0.39, 0.29) is 24.8 Å². The first-order valence-corrected chi connectivity index (χ1v) is 7.09. The third kappa shape index (κ3) is 3.83. The molecule has 7 nitrogen and oxygen atoms in total. The van der Waals surface area contributed by atoms with Crippen molar-refractivity contribution in [2.75, 3.05) is 45.8 Å². The zero-order valence-electron chi connectivity index (χ0n) is 12.1. The molecule has 0 radical (unpaired) electrons. The average Bonchev–Trinajstić information content (AvgIpc) is 2.37. The minimum Gasteiger partial charge on any atom is -0.480 e. The smallest absolute Gasteiger partial charge is 0.320 e. The lowest BCUT2D eigenvalue weighted by Crippen LogP contribution is -2.57. The van der Waals surface area contributed by atoms with Crippen LogP contribution >= 0.6 is 0 Å². The monoisotopic (exact) mass is 285 g/mol. The molecule has 2 aliphatic heterocycles. The molecule has 0 aromatic rings. The SMILES string of the molecule is CC1CN(C(=O)N2CCN(CC(=O)O)CC2)CC(C)O1. The summed E-state index contributed by atoms with van der Waals surface area (Å²) in [6, 6.07) is 0.0435. The van der Waals surface area contributed by atoms with Crippen molar-refractivity contribution in [1.82, 2.24) is 14.7 Å². The van der Waals surface area contributed by atoms with Crippen LogP contribution in [0.25, 0.3) is 0 Å². The molecule has 0 aromatic carbocycles. The first kappa shape index (κ1) is 15.1. The van der Waals surface area contributed by atoms with E-state index >= 15 is 0 Å². The van der Waals surface area contributed by atoms with Crippen molar-refractivity contribution in [2.45, 2.75) is 26.1 Å². The Kier molecular flexibility index (Phi) is 4.82. The second kappa shape index (κ2) is 6.41. The van der Waals surface area contributed by atoms with Gasteiger partial charge in [0, 0.05) is 39.3 Å². The number of amides is 2. The molecule has 2 fully saturated rings. The van der Waals surface area contributed by atoms with Gasteiger partial charge in [0.15, 0.2) is 0 Å². The van der Waals surface area contributed by atoms with Gasteiger partial charge < -0.3 is 19.6 Å². The molecule has 2 amide bonds. The lowest BCUT2D eigenvalue weighted by Gasteiger charge is -2.40. The molecule has 0 bridgehead atoms. The third-order valence-corrected chi connectivity index (χ3v) is 3.69. The molecule has 2 heterocycles. The maximum Gasteiger partial charge on any atom is 0.320 e. The fourth-order valence-corrected chi connectivity index (χ4v) is 2.82. The van der Waals surface area contributed by atoms with Crippen LogP contribution in [0.15, 0.2) is 0 Å². The molecule has 2 aliphatic rings. The molecule has 2 rings (SSSR count). The first-order chi connectivity index (χ1) is 9.45. The number of rotatable bonds is 2. The van der Waals surface area contributed by atoms with E-state index in [0.29, 0.717) is 39.3 Å². The summed E-state index contributed by atoms with van der Waals surface area (Å²) in [7, 11) is 0. The van der Waals surface area contributed by atoms with E-state index in [1.54, 1.807) is 0 Å². The van der Waals surface area contributed by atoms with Gasteiger partial charge in [-0.1, -0.05) is 0 Å². The Balaban J connectivity index is 1.83. The molecule has 114 valence electrons. The number of hydrogen-bond acceptors (Lipinski definition) is 4. The topological polar surface area (TPSA) is 73.3 Å². The maximum atomic E-state index is 12.4. The van der Waals surface area contributed by atoms with Gasteiger partial charge in [-0.2, -0.15) is 0 Å². The number of ether oxygens (including phenoxy) is 1. The summed E-state index contributed by atoms with van der Waals surface area (Å²) in [5, 5.41) is 8.76. The van der Waals surface area contributed by atoms with Gasteiger partial charge in [0.05, 0.1) is 18.8 Å². The number of morpholine rings is 1. The van der Waals surface area contributed by atoms with Gasteiger partial charge >= 0.3 is 12.0 Å². The lowest BCUT2D eigenvalue weighted by molar-refractivity contribution is -0.138. The molecular formula is C13H23N3O4. The normalized spacial score (nSPS) is 28.5. The average molecular weight is 285 g/mol. The van der Waals surface area contributed by atoms with Crippen molar-refractivity contribution < 1.29 is 19.4 Å². The summed E-state index contributed by atoms with van der Waals surface area (Å²) < 4.78 is 5.63.